The first-order valence-corrected chi connectivity index (χ1v) is 13.4. The van der Waals surface area contributed by atoms with E-state index in [2.05, 4.69) is 15.6 Å². The van der Waals surface area contributed by atoms with Crippen LogP contribution < -0.4 is 21.8 Å². The Bertz CT molecular complexity index is 1310. The van der Waals surface area contributed by atoms with Gasteiger partial charge in [-0.15, -0.1) is 0 Å². The third-order valence-electron chi connectivity index (χ3n) is 7.00. The number of urea groups is 1. The maximum atomic E-state index is 13.0. The highest BCUT2D eigenvalue weighted by atomic mass is 35.5. The second-order valence-electron chi connectivity index (χ2n) is 11.5. The molecule has 0 unspecified atom stereocenters. The number of carbonyl (C=O) groups is 2. The van der Waals surface area contributed by atoms with Crippen molar-refractivity contribution in [2.75, 3.05) is 11.9 Å². The normalized spacial score (nSPS) is 17.0. The number of amidine groups is 1. The van der Waals surface area contributed by atoms with E-state index < -0.39 is 35.7 Å². The number of halogens is 1. The minimum absolute atomic E-state index is 0.0689. The molecule has 2 amide bonds. The Labute approximate surface area is 241 Å². The Morgan fingerprint density at radius 1 is 1.10 bits per heavy atom. The van der Waals surface area contributed by atoms with Crippen molar-refractivity contribution in [1.82, 2.24) is 5.32 Å². The van der Waals surface area contributed by atoms with Gasteiger partial charge in [-0.2, -0.15) is 0 Å². The standard InChI is InChI=1S/C29H38BClN4O5/c1-18-9-12-21(13-10-18)33-25(16-24(32)27(3,4)17-38-19(2)36)35-26(37)34-23-14-11-20(15-22(23)31)30-39-28(5,6)29(7,8)40-30/h9-16H,17,32H2,1-8H3,(H2,33,34,35,37). The first-order valence-electron chi connectivity index (χ1n) is 13.0. The molecule has 0 spiro atoms. The number of benzene rings is 2. The quantitative estimate of drug-likeness (QED) is 0.182. The van der Waals surface area contributed by atoms with E-state index in [0.29, 0.717) is 22.1 Å². The number of aryl methyl sites for hydroxylation is 1. The molecule has 3 rings (SSSR count). The van der Waals surface area contributed by atoms with Gasteiger partial charge in [0.1, 0.15) is 12.4 Å². The van der Waals surface area contributed by atoms with Crippen molar-refractivity contribution in [3.05, 3.63) is 64.8 Å². The monoisotopic (exact) mass is 568 g/mol. The molecule has 9 nitrogen and oxygen atoms in total. The number of aliphatic imine (C=N–C) groups is 1. The van der Waals surface area contributed by atoms with Gasteiger partial charge in [-0.1, -0.05) is 49.2 Å². The molecule has 2 aromatic carbocycles. The van der Waals surface area contributed by atoms with Gasteiger partial charge < -0.3 is 25.1 Å². The second kappa shape index (κ2) is 12.0. The van der Waals surface area contributed by atoms with Gasteiger partial charge in [0.25, 0.3) is 0 Å². The topological polar surface area (TPSA) is 124 Å². The summed E-state index contributed by atoms with van der Waals surface area (Å²) in [6.07, 6.45) is 1.55. The van der Waals surface area contributed by atoms with Crippen LogP contribution in [0.2, 0.25) is 5.02 Å². The Morgan fingerprint density at radius 2 is 1.70 bits per heavy atom. The van der Waals surface area contributed by atoms with Crippen LogP contribution >= 0.6 is 11.6 Å². The number of hydrogen-bond acceptors (Lipinski definition) is 7. The first-order chi connectivity index (χ1) is 18.5. The molecule has 0 atom stereocenters. The Kier molecular flexibility index (Phi) is 9.39. The minimum Gasteiger partial charge on any atom is -0.465 e. The third-order valence-corrected chi connectivity index (χ3v) is 7.31. The zero-order chi connectivity index (χ0) is 29.9. The van der Waals surface area contributed by atoms with Gasteiger partial charge in [0, 0.05) is 24.1 Å². The predicted octanol–water partition coefficient (Wildman–Crippen LogP) is 5.23. The lowest BCUT2D eigenvalue weighted by atomic mass is 9.79. The molecule has 11 heteroatoms. The number of esters is 1. The van der Waals surface area contributed by atoms with Crippen molar-refractivity contribution in [2.24, 2.45) is 16.1 Å². The smallest absolute Gasteiger partial charge is 0.465 e. The molecule has 40 heavy (non-hydrogen) atoms. The zero-order valence-electron chi connectivity index (χ0n) is 24.3. The van der Waals surface area contributed by atoms with Crippen molar-refractivity contribution in [1.29, 1.82) is 0 Å². The molecule has 1 heterocycles. The molecular formula is C29H38BClN4O5. The van der Waals surface area contributed by atoms with E-state index in [1.165, 1.54) is 6.92 Å². The van der Waals surface area contributed by atoms with Crippen LogP contribution in [0.1, 0.15) is 54.0 Å². The highest BCUT2D eigenvalue weighted by molar-refractivity contribution is 6.62. The summed E-state index contributed by atoms with van der Waals surface area (Å²) in [5.41, 5.74) is 7.86. The zero-order valence-corrected chi connectivity index (χ0v) is 25.1. The van der Waals surface area contributed by atoms with Gasteiger partial charge in [0.05, 0.1) is 27.6 Å². The van der Waals surface area contributed by atoms with Crippen molar-refractivity contribution in [3.63, 3.8) is 0 Å². The van der Waals surface area contributed by atoms with E-state index in [0.717, 1.165) is 11.0 Å². The maximum Gasteiger partial charge on any atom is 0.494 e. The van der Waals surface area contributed by atoms with Crippen molar-refractivity contribution >= 4 is 53.4 Å². The number of amides is 2. The molecule has 0 aliphatic carbocycles. The molecule has 0 radical (unpaired) electrons. The number of nitrogens with zero attached hydrogens (tertiary/aromatic N) is 1. The highest BCUT2D eigenvalue weighted by Gasteiger charge is 2.51. The number of rotatable bonds is 7. The van der Waals surface area contributed by atoms with Crippen LogP contribution in [-0.2, 0) is 18.8 Å². The lowest BCUT2D eigenvalue weighted by Crippen LogP contribution is -2.41. The molecule has 1 fully saturated rings. The van der Waals surface area contributed by atoms with Crippen LogP contribution in [0.4, 0.5) is 16.2 Å². The van der Waals surface area contributed by atoms with Gasteiger partial charge in [0.2, 0.25) is 0 Å². The summed E-state index contributed by atoms with van der Waals surface area (Å²) in [4.78, 5) is 28.9. The van der Waals surface area contributed by atoms with Crippen LogP contribution in [-0.4, -0.2) is 42.8 Å². The molecule has 0 saturated carbocycles. The molecule has 1 aliphatic heterocycles. The maximum absolute atomic E-state index is 13.0. The SMILES string of the molecule is CC(=O)OCC(C)(C)C(N)=CC(=Nc1ccc(C)cc1)NC(=O)Nc1ccc(B2OC(C)(C)C(C)(C)O2)cc1Cl. The van der Waals surface area contributed by atoms with Gasteiger partial charge in [-0.3, -0.25) is 10.1 Å². The number of ether oxygens (including phenoxy) is 1. The van der Waals surface area contributed by atoms with E-state index in [1.807, 2.05) is 72.7 Å². The molecule has 4 N–H and O–H groups in total. The first kappa shape index (κ1) is 31.2. The fraction of sp³-hybridized carbons (Fsp3) is 0.414. The van der Waals surface area contributed by atoms with Crippen LogP contribution in [0.3, 0.4) is 0 Å². The highest BCUT2D eigenvalue weighted by Crippen LogP contribution is 2.37. The summed E-state index contributed by atoms with van der Waals surface area (Å²) >= 11 is 6.52. The molecule has 1 saturated heterocycles. The summed E-state index contributed by atoms with van der Waals surface area (Å²) in [5.74, 6) is -0.215. The largest absolute Gasteiger partial charge is 0.494 e. The lowest BCUT2D eigenvalue weighted by molar-refractivity contribution is -0.143. The van der Waals surface area contributed by atoms with E-state index in [-0.39, 0.29) is 12.4 Å². The molecular weight excluding hydrogens is 531 g/mol. The van der Waals surface area contributed by atoms with Gasteiger partial charge in [0.15, 0.2) is 0 Å². The summed E-state index contributed by atoms with van der Waals surface area (Å²) < 4.78 is 17.3. The van der Waals surface area contributed by atoms with Crippen LogP contribution in [0.5, 0.6) is 0 Å². The molecule has 2 aromatic rings. The fourth-order valence-electron chi connectivity index (χ4n) is 3.59. The Balaban J connectivity index is 1.80. The summed E-state index contributed by atoms with van der Waals surface area (Å²) in [5, 5.41) is 5.81. The van der Waals surface area contributed by atoms with Crippen LogP contribution in [0.15, 0.2) is 59.2 Å². The van der Waals surface area contributed by atoms with Crippen molar-refractivity contribution in [2.45, 2.75) is 66.6 Å². The Hall–Kier alpha value is -3.34. The molecule has 0 aromatic heterocycles. The number of nitrogens with two attached hydrogens (primary N) is 1. The van der Waals surface area contributed by atoms with Gasteiger partial charge in [-0.05, 0) is 64.3 Å². The summed E-state index contributed by atoms with van der Waals surface area (Å²) in [6, 6.07) is 12.1. The van der Waals surface area contributed by atoms with Crippen LogP contribution in [0, 0.1) is 12.3 Å². The third kappa shape index (κ3) is 7.87. The molecule has 214 valence electrons. The van der Waals surface area contributed by atoms with E-state index >= 15 is 0 Å². The summed E-state index contributed by atoms with van der Waals surface area (Å²) in [6.45, 7) is 14.9. The van der Waals surface area contributed by atoms with Crippen LogP contribution in [0.25, 0.3) is 0 Å². The average molecular weight is 569 g/mol. The minimum atomic E-state index is -0.704. The second-order valence-corrected chi connectivity index (χ2v) is 11.9. The number of anilines is 1. The predicted molar refractivity (Wildman–Crippen MR) is 160 cm³/mol. The van der Waals surface area contributed by atoms with Gasteiger partial charge in [-0.25, -0.2) is 9.79 Å². The number of hydrogen-bond donors (Lipinski definition) is 3. The average Bonchev–Trinajstić information content (AvgIpc) is 3.07. The van der Waals surface area contributed by atoms with Crippen molar-refractivity contribution < 1.29 is 23.6 Å². The van der Waals surface area contributed by atoms with Crippen molar-refractivity contribution in [3.8, 4) is 0 Å². The summed E-state index contributed by atoms with van der Waals surface area (Å²) in [7, 11) is -0.581. The van der Waals surface area contributed by atoms with Gasteiger partial charge >= 0.3 is 19.1 Å². The molecule has 1 aliphatic rings. The number of nitrogens with one attached hydrogen (secondary N) is 2. The lowest BCUT2D eigenvalue weighted by Gasteiger charge is -2.32. The van der Waals surface area contributed by atoms with E-state index in [4.69, 9.17) is 31.4 Å². The molecule has 0 bridgehead atoms. The van der Waals surface area contributed by atoms with E-state index in [9.17, 15) is 9.59 Å². The fourth-order valence-corrected chi connectivity index (χ4v) is 3.83. The Morgan fingerprint density at radius 3 is 2.25 bits per heavy atom. The number of carbonyl (C=O) groups excluding carboxylic acids is 2. The van der Waals surface area contributed by atoms with E-state index in [1.54, 1.807) is 24.3 Å².